The zero-order valence-corrected chi connectivity index (χ0v) is 14.1. The Balaban J connectivity index is 1.58. The first-order valence-corrected chi connectivity index (χ1v) is 8.52. The molecule has 0 atom stereocenters. The van der Waals surface area contributed by atoms with Crippen molar-refractivity contribution in [2.24, 2.45) is 10.1 Å². The number of aromatic nitrogens is 1. The summed E-state index contributed by atoms with van der Waals surface area (Å²) in [6.45, 7) is 0. The topological polar surface area (TPSA) is 92.0 Å². The number of amidine groups is 1. The van der Waals surface area contributed by atoms with Gasteiger partial charge in [0.15, 0.2) is 10.8 Å². The molecule has 0 saturated heterocycles. The summed E-state index contributed by atoms with van der Waals surface area (Å²) in [7, 11) is 1.62. The molecule has 0 spiro atoms. The number of fused-ring (bicyclic) bond motifs is 1. The van der Waals surface area contributed by atoms with E-state index < -0.39 is 5.76 Å². The number of aromatic amines is 1. The maximum absolute atomic E-state index is 11.3. The summed E-state index contributed by atoms with van der Waals surface area (Å²) in [6, 6.07) is 13.1. The number of hydrogen-bond acceptors (Lipinski definition) is 6. The van der Waals surface area contributed by atoms with Crippen LogP contribution in [-0.2, 0) is 0 Å². The lowest BCUT2D eigenvalue weighted by molar-refractivity contribution is 0.416. The number of rotatable bonds is 3. The minimum Gasteiger partial charge on any atom is -0.494 e. The first-order valence-electron chi connectivity index (χ1n) is 7.53. The van der Waals surface area contributed by atoms with E-state index in [0.29, 0.717) is 27.8 Å². The van der Waals surface area contributed by atoms with Crippen LogP contribution in [0.5, 0.6) is 5.75 Å². The molecule has 0 aliphatic carbocycles. The van der Waals surface area contributed by atoms with Gasteiger partial charge in [0.25, 0.3) is 0 Å². The SMILES string of the molecule is COc1ccccc1N=C1NN=C(c2ccc3[nH]c(=O)oc3c2)CS1. The van der Waals surface area contributed by atoms with Crippen LogP contribution in [0.1, 0.15) is 5.56 Å². The van der Waals surface area contributed by atoms with Gasteiger partial charge >= 0.3 is 5.76 Å². The van der Waals surface area contributed by atoms with Gasteiger partial charge in [0.1, 0.15) is 11.4 Å². The van der Waals surface area contributed by atoms with E-state index >= 15 is 0 Å². The molecule has 25 heavy (non-hydrogen) atoms. The number of oxazole rings is 1. The van der Waals surface area contributed by atoms with Crippen molar-refractivity contribution in [3.05, 3.63) is 58.6 Å². The predicted octanol–water partition coefficient (Wildman–Crippen LogP) is 2.86. The van der Waals surface area contributed by atoms with Crippen molar-refractivity contribution in [3.63, 3.8) is 0 Å². The molecule has 4 rings (SSSR count). The van der Waals surface area contributed by atoms with Crippen LogP contribution >= 0.6 is 11.8 Å². The molecular formula is C17H14N4O3S. The Bertz CT molecular complexity index is 1050. The standard InChI is InChI=1S/C17H14N4O3S/c1-23-14-5-3-2-4-11(14)18-16-21-20-13(9-25-16)10-6-7-12-15(8-10)24-17(22)19-12/h2-8H,9H2,1H3,(H,18,21)(H,19,22). The number of nitrogens with zero attached hydrogens (tertiary/aromatic N) is 2. The predicted molar refractivity (Wildman–Crippen MR) is 99.1 cm³/mol. The monoisotopic (exact) mass is 354 g/mol. The Morgan fingerprint density at radius 2 is 2.16 bits per heavy atom. The fourth-order valence-electron chi connectivity index (χ4n) is 2.48. The van der Waals surface area contributed by atoms with Crippen molar-refractivity contribution in [1.82, 2.24) is 10.4 Å². The van der Waals surface area contributed by atoms with Gasteiger partial charge in [-0.05, 0) is 24.3 Å². The minimum atomic E-state index is -0.462. The Morgan fingerprint density at radius 3 is 2.96 bits per heavy atom. The van der Waals surface area contributed by atoms with Crippen molar-refractivity contribution in [3.8, 4) is 5.75 Å². The lowest BCUT2D eigenvalue weighted by Crippen LogP contribution is -2.25. The fourth-order valence-corrected chi connectivity index (χ4v) is 3.26. The molecule has 0 radical (unpaired) electrons. The van der Waals surface area contributed by atoms with Gasteiger partial charge in [-0.2, -0.15) is 5.10 Å². The smallest absolute Gasteiger partial charge is 0.417 e. The third-order valence-electron chi connectivity index (χ3n) is 3.69. The molecule has 0 unspecified atom stereocenters. The summed E-state index contributed by atoms with van der Waals surface area (Å²) < 4.78 is 10.4. The highest BCUT2D eigenvalue weighted by molar-refractivity contribution is 8.14. The molecule has 2 aromatic carbocycles. The summed E-state index contributed by atoms with van der Waals surface area (Å²) in [6.07, 6.45) is 0. The number of benzene rings is 2. The van der Waals surface area contributed by atoms with Crippen molar-refractivity contribution in [1.29, 1.82) is 0 Å². The molecule has 0 saturated carbocycles. The molecular weight excluding hydrogens is 340 g/mol. The molecule has 0 bridgehead atoms. The number of ether oxygens (including phenoxy) is 1. The molecule has 126 valence electrons. The van der Waals surface area contributed by atoms with Gasteiger partial charge in [-0.15, -0.1) is 0 Å². The van der Waals surface area contributed by atoms with E-state index in [1.54, 1.807) is 31.0 Å². The molecule has 1 aromatic heterocycles. The maximum atomic E-state index is 11.3. The average molecular weight is 354 g/mol. The van der Waals surface area contributed by atoms with Gasteiger partial charge in [0.05, 0.1) is 18.3 Å². The zero-order chi connectivity index (χ0) is 17.2. The van der Waals surface area contributed by atoms with Crippen LogP contribution in [0.3, 0.4) is 0 Å². The summed E-state index contributed by atoms with van der Waals surface area (Å²) in [4.78, 5) is 18.4. The van der Waals surface area contributed by atoms with Crippen LogP contribution in [0, 0.1) is 0 Å². The van der Waals surface area contributed by atoms with E-state index in [9.17, 15) is 4.79 Å². The number of methoxy groups -OCH3 is 1. The number of H-pyrrole nitrogens is 1. The van der Waals surface area contributed by atoms with E-state index in [2.05, 4.69) is 20.5 Å². The average Bonchev–Trinajstić information content (AvgIpc) is 3.02. The second-order valence-electron chi connectivity index (χ2n) is 5.27. The van der Waals surface area contributed by atoms with Crippen molar-refractivity contribution in [2.45, 2.75) is 0 Å². The van der Waals surface area contributed by atoms with Crippen LogP contribution in [0.25, 0.3) is 11.1 Å². The number of nitrogens with one attached hydrogen (secondary N) is 2. The highest BCUT2D eigenvalue weighted by Crippen LogP contribution is 2.28. The third kappa shape index (κ3) is 3.16. The largest absolute Gasteiger partial charge is 0.494 e. The van der Waals surface area contributed by atoms with E-state index in [0.717, 1.165) is 17.0 Å². The molecule has 0 fully saturated rings. The lowest BCUT2D eigenvalue weighted by atomic mass is 10.1. The van der Waals surface area contributed by atoms with Gasteiger partial charge in [0, 0.05) is 11.3 Å². The fraction of sp³-hybridized carbons (Fsp3) is 0.118. The van der Waals surface area contributed by atoms with E-state index in [4.69, 9.17) is 9.15 Å². The molecule has 8 heteroatoms. The highest BCUT2D eigenvalue weighted by atomic mass is 32.2. The molecule has 1 aliphatic rings. The van der Waals surface area contributed by atoms with Gasteiger partial charge < -0.3 is 9.15 Å². The van der Waals surface area contributed by atoms with Crippen molar-refractivity contribution in [2.75, 3.05) is 12.9 Å². The quantitative estimate of drug-likeness (QED) is 0.754. The Kier molecular flexibility index (Phi) is 4.02. The second kappa shape index (κ2) is 6.48. The molecule has 2 heterocycles. The Hall–Kier alpha value is -3.00. The Labute approximate surface area is 146 Å². The van der Waals surface area contributed by atoms with Gasteiger partial charge in [-0.3, -0.25) is 10.4 Å². The summed E-state index contributed by atoms with van der Waals surface area (Å²) >= 11 is 1.54. The molecule has 7 nitrogen and oxygen atoms in total. The number of thioether (sulfide) groups is 1. The normalized spacial score (nSPS) is 15.9. The summed E-state index contributed by atoms with van der Waals surface area (Å²) in [5.41, 5.74) is 6.65. The first-order chi connectivity index (χ1) is 12.2. The van der Waals surface area contributed by atoms with Crippen molar-refractivity contribution < 1.29 is 9.15 Å². The molecule has 0 amide bonds. The molecule has 3 aromatic rings. The van der Waals surface area contributed by atoms with Crippen LogP contribution in [0.4, 0.5) is 5.69 Å². The zero-order valence-electron chi connectivity index (χ0n) is 13.3. The lowest BCUT2D eigenvalue weighted by Gasteiger charge is -2.15. The van der Waals surface area contributed by atoms with Crippen LogP contribution in [-0.4, -0.2) is 28.7 Å². The number of aliphatic imine (C=N–C) groups is 1. The van der Waals surface area contributed by atoms with Gasteiger partial charge in [-0.1, -0.05) is 30.0 Å². The van der Waals surface area contributed by atoms with Gasteiger partial charge in [0.2, 0.25) is 0 Å². The number of para-hydroxylation sites is 2. The number of hydrogen-bond donors (Lipinski definition) is 2. The molecule has 1 aliphatic heterocycles. The third-order valence-corrected chi connectivity index (χ3v) is 4.57. The van der Waals surface area contributed by atoms with Crippen LogP contribution in [0.15, 0.2) is 61.8 Å². The summed E-state index contributed by atoms with van der Waals surface area (Å²) in [5.74, 6) is 0.901. The minimum absolute atomic E-state index is 0.462. The second-order valence-corrected chi connectivity index (χ2v) is 6.24. The van der Waals surface area contributed by atoms with Crippen LogP contribution < -0.4 is 15.9 Å². The van der Waals surface area contributed by atoms with Gasteiger partial charge in [-0.25, -0.2) is 9.79 Å². The molecule has 2 N–H and O–H groups in total. The Morgan fingerprint density at radius 1 is 1.28 bits per heavy atom. The first kappa shape index (κ1) is 15.5. The van der Waals surface area contributed by atoms with E-state index in [1.165, 1.54) is 0 Å². The maximum Gasteiger partial charge on any atom is 0.417 e. The van der Waals surface area contributed by atoms with Crippen molar-refractivity contribution >= 4 is 39.4 Å². The van der Waals surface area contributed by atoms with E-state index in [1.807, 2.05) is 30.3 Å². The van der Waals surface area contributed by atoms with E-state index in [-0.39, 0.29) is 0 Å². The number of hydrazone groups is 1. The summed E-state index contributed by atoms with van der Waals surface area (Å²) in [5, 5.41) is 5.09. The van der Waals surface area contributed by atoms with Crippen LogP contribution in [0.2, 0.25) is 0 Å². The highest BCUT2D eigenvalue weighted by Gasteiger charge is 2.15.